The molecule has 1 aliphatic rings. The molecule has 6 heteroatoms. The Morgan fingerprint density at radius 1 is 1.27 bits per heavy atom. The average Bonchev–Trinajstić information content (AvgIpc) is 2.67. The van der Waals surface area contributed by atoms with Gasteiger partial charge in [-0.15, -0.1) is 0 Å². The largest absolute Gasteiger partial charge is 0.485 e. The number of nitrogens with one attached hydrogen (secondary N) is 1. The van der Waals surface area contributed by atoms with Crippen LogP contribution in [-0.2, 0) is 6.61 Å². The molecule has 3 aromatic rings. The average molecular weight is 346 g/mol. The minimum atomic E-state index is -0.190. The summed E-state index contributed by atoms with van der Waals surface area (Å²) in [6, 6.07) is 12.9. The fraction of sp³-hybridized carbons (Fsp3) is 0.150. The van der Waals surface area contributed by atoms with Crippen molar-refractivity contribution in [2.75, 3.05) is 5.73 Å². The molecule has 6 nitrogen and oxygen atoms in total. The number of ether oxygens (including phenoxy) is 1. The molecule has 1 aromatic heterocycles. The maximum absolute atomic E-state index is 12.7. The summed E-state index contributed by atoms with van der Waals surface area (Å²) in [4.78, 5) is 20.9. The fourth-order valence-corrected chi connectivity index (χ4v) is 3.13. The molecule has 0 saturated heterocycles. The van der Waals surface area contributed by atoms with Crippen molar-refractivity contribution in [3.63, 3.8) is 0 Å². The Kier molecular flexibility index (Phi) is 4.01. The monoisotopic (exact) mass is 346 g/mol. The summed E-state index contributed by atoms with van der Waals surface area (Å²) in [5, 5.41) is 2.99. The van der Waals surface area contributed by atoms with Crippen LogP contribution in [-0.4, -0.2) is 15.9 Å². The standard InChI is InChI=1S/C20H18N4O2/c1-12(15-4-2-3-5-17(15)21)24-20(25)13-6-7-16-14(8-13)10-26-18-9-22-11-23-19(16)18/h2-9,11-12H,10,21H2,1H3,(H,24,25)/t12-/m0/s1. The molecule has 26 heavy (non-hydrogen) atoms. The van der Waals surface area contributed by atoms with E-state index in [0.717, 1.165) is 22.4 Å². The van der Waals surface area contributed by atoms with Gasteiger partial charge in [0.2, 0.25) is 0 Å². The molecule has 0 spiro atoms. The zero-order valence-electron chi connectivity index (χ0n) is 14.3. The first-order valence-electron chi connectivity index (χ1n) is 8.35. The first-order chi connectivity index (χ1) is 12.6. The molecule has 0 unspecified atom stereocenters. The molecular weight excluding hydrogens is 328 g/mol. The number of anilines is 1. The first kappa shape index (κ1) is 16.1. The first-order valence-corrected chi connectivity index (χ1v) is 8.35. The lowest BCUT2D eigenvalue weighted by Gasteiger charge is -2.20. The van der Waals surface area contributed by atoms with E-state index in [4.69, 9.17) is 10.5 Å². The number of rotatable bonds is 3. The summed E-state index contributed by atoms with van der Waals surface area (Å²) in [6.07, 6.45) is 3.14. The van der Waals surface area contributed by atoms with Crippen LogP contribution < -0.4 is 15.8 Å². The SMILES string of the molecule is C[C@H](NC(=O)c1ccc2c(c1)COc1cncnc1-2)c1ccccc1N. The van der Waals surface area contributed by atoms with Gasteiger partial charge in [0.15, 0.2) is 5.75 Å². The van der Waals surface area contributed by atoms with Crippen molar-refractivity contribution < 1.29 is 9.53 Å². The van der Waals surface area contributed by atoms with E-state index in [1.54, 1.807) is 12.3 Å². The van der Waals surface area contributed by atoms with Crippen molar-refractivity contribution in [3.05, 3.63) is 71.7 Å². The van der Waals surface area contributed by atoms with Crippen molar-refractivity contribution in [2.24, 2.45) is 0 Å². The molecule has 130 valence electrons. The normalized spacial score (nSPS) is 13.1. The van der Waals surface area contributed by atoms with Gasteiger partial charge >= 0.3 is 0 Å². The van der Waals surface area contributed by atoms with Crippen molar-refractivity contribution >= 4 is 11.6 Å². The van der Waals surface area contributed by atoms with Crippen LogP contribution in [0.2, 0.25) is 0 Å². The molecule has 2 heterocycles. The van der Waals surface area contributed by atoms with Crippen LogP contribution in [0.3, 0.4) is 0 Å². The fourth-order valence-electron chi connectivity index (χ4n) is 3.13. The van der Waals surface area contributed by atoms with Gasteiger partial charge in [-0.2, -0.15) is 0 Å². The van der Waals surface area contributed by atoms with Crippen molar-refractivity contribution in [1.82, 2.24) is 15.3 Å². The molecule has 1 amide bonds. The second kappa shape index (κ2) is 6.48. The molecule has 1 atom stereocenters. The highest BCUT2D eigenvalue weighted by atomic mass is 16.5. The van der Waals surface area contributed by atoms with Crippen molar-refractivity contribution in [1.29, 1.82) is 0 Å². The lowest BCUT2D eigenvalue weighted by molar-refractivity contribution is 0.0940. The molecule has 0 fully saturated rings. The topological polar surface area (TPSA) is 90.1 Å². The van der Waals surface area contributed by atoms with E-state index >= 15 is 0 Å². The minimum Gasteiger partial charge on any atom is -0.485 e. The number of fused-ring (bicyclic) bond motifs is 3. The number of hydrogen-bond donors (Lipinski definition) is 2. The summed E-state index contributed by atoms with van der Waals surface area (Å²) >= 11 is 0. The lowest BCUT2D eigenvalue weighted by atomic mass is 9.98. The van der Waals surface area contributed by atoms with Crippen LogP contribution in [0, 0.1) is 0 Å². The lowest BCUT2D eigenvalue weighted by Crippen LogP contribution is -2.27. The number of nitrogens with zero attached hydrogens (tertiary/aromatic N) is 2. The predicted octanol–water partition coefficient (Wildman–Crippen LogP) is 3.11. The highest BCUT2D eigenvalue weighted by Crippen LogP contribution is 2.35. The Labute approximate surface area is 151 Å². The number of para-hydroxylation sites is 1. The number of carbonyl (C=O) groups excluding carboxylic acids is 1. The van der Waals surface area contributed by atoms with E-state index < -0.39 is 0 Å². The van der Waals surface area contributed by atoms with Gasteiger partial charge in [-0.05, 0) is 36.2 Å². The Hall–Kier alpha value is -3.41. The molecule has 0 aliphatic carbocycles. The number of nitrogen functional groups attached to an aromatic ring is 1. The van der Waals surface area contributed by atoms with E-state index in [2.05, 4.69) is 15.3 Å². The summed E-state index contributed by atoms with van der Waals surface area (Å²) in [7, 11) is 0. The number of nitrogens with two attached hydrogens (primary N) is 1. The summed E-state index contributed by atoms with van der Waals surface area (Å²) in [5.74, 6) is 0.502. The molecule has 0 bridgehead atoms. The van der Waals surface area contributed by atoms with Crippen LogP contribution in [0.25, 0.3) is 11.3 Å². The van der Waals surface area contributed by atoms with Crippen LogP contribution in [0.1, 0.15) is 34.5 Å². The maximum atomic E-state index is 12.7. The van der Waals surface area contributed by atoms with Gasteiger partial charge in [-0.1, -0.05) is 24.3 Å². The van der Waals surface area contributed by atoms with Crippen LogP contribution in [0.15, 0.2) is 55.0 Å². The number of amides is 1. The van der Waals surface area contributed by atoms with E-state index in [0.29, 0.717) is 23.6 Å². The van der Waals surface area contributed by atoms with Crippen LogP contribution >= 0.6 is 0 Å². The molecule has 1 aliphatic heterocycles. The van der Waals surface area contributed by atoms with Crippen molar-refractivity contribution in [3.8, 4) is 17.0 Å². The highest BCUT2D eigenvalue weighted by molar-refractivity contribution is 5.95. The molecule has 3 N–H and O–H groups in total. The number of benzene rings is 2. The minimum absolute atomic E-state index is 0.156. The van der Waals surface area contributed by atoms with E-state index in [1.807, 2.05) is 43.3 Å². The zero-order chi connectivity index (χ0) is 18.1. The third kappa shape index (κ3) is 2.86. The third-order valence-corrected chi connectivity index (χ3v) is 4.49. The number of carbonyl (C=O) groups is 1. The van der Waals surface area contributed by atoms with E-state index in [9.17, 15) is 4.79 Å². The van der Waals surface area contributed by atoms with Gasteiger partial charge in [0.25, 0.3) is 5.91 Å². The number of hydrogen-bond acceptors (Lipinski definition) is 5. The van der Waals surface area contributed by atoms with Gasteiger partial charge < -0.3 is 15.8 Å². The summed E-state index contributed by atoms with van der Waals surface area (Å²) in [5.41, 5.74) is 10.8. The Morgan fingerprint density at radius 3 is 2.96 bits per heavy atom. The molecule has 0 saturated carbocycles. The Bertz CT molecular complexity index is 987. The van der Waals surface area contributed by atoms with Crippen LogP contribution in [0.5, 0.6) is 5.75 Å². The quantitative estimate of drug-likeness (QED) is 0.711. The third-order valence-electron chi connectivity index (χ3n) is 4.49. The van der Waals surface area contributed by atoms with E-state index in [1.165, 1.54) is 6.33 Å². The second-order valence-electron chi connectivity index (χ2n) is 6.22. The predicted molar refractivity (Wildman–Crippen MR) is 98.5 cm³/mol. The Balaban J connectivity index is 1.58. The smallest absolute Gasteiger partial charge is 0.251 e. The molecule has 0 radical (unpaired) electrons. The van der Waals surface area contributed by atoms with Gasteiger partial charge in [-0.3, -0.25) is 4.79 Å². The second-order valence-corrected chi connectivity index (χ2v) is 6.22. The zero-order valence-corrected chi connectivity index (χ0v) is 14.3. The van der Waals surface area contributed by atoms with E-state index in [-0.39, 0.29) is 11.9 Å². The Morgan fingerprint density at radius 2 is 2.12 bits per heavy atom. The summed E-state index contributed by atoms with van der Waals surface area (Å²) in [6.45, 7) is 2.30. The number of aromatic nitrogens is 2. The molecular formula is C20H18N4O2. The molecule has 2 aromatic carbocycles. The van der Waals surface area contributed by atoms with Crippen LogP contribution in [0.4, 0.5) is 5.69 Å². The molecule has 4 rings (SSSR count). The highest BCUT2D eigenvalue weighted by Gasteiger charge is 2.21. The van der Waals surface area contributed by atoms with Gasteiger partial charge in [0.1, 0.15) is 18.6 Å². The van der Waals surface area contributed by atoms with Crippen molar-refractivity contribution in [2.45, 2.75) is 19.6 Å². The van der Waals surface area contributed by atoms with Gasteiger partial charge in [-0.25, -0.2) is 9.97 Å². The van der Waals surface area contributed by atoms with Gasteiger partial charge in [0.05, 0.1) is 12.2 Å². The maximum Gasteiger partial charge on any atom is 0.251 e. The summed E-state index contributed by atoms with van der Waals surface area (Å²) < 4.78 is 5.68. The van der Waals surface area contributed by atoms with Gasteiger partial charge in [0, 0.05) is 16.8 Å².